The lowest BCUT2D eigenvalue weighted by atomic mass is 10.0. The summed E-state index contributed by atoms with van der Waals surface area (Å²) in [7, 11) is 0. The van der Waals surface area contributed by atoms with E-state index in [1.165, 1.54) is 205 Å². The number of nitrogens with one attached hydrogen (secondary N) is 1. The van der Waals surface area contributed by atoms with Gasteiger partial charge in [-0.05, 0) is 89.9 Å². The van der Waals surface area contributed by atoms with Crippen LogP contribution in [0.3, 0.4) is 0 Å². The van der Waals surface area contributed by atoms with Crippen LogP contribution in [0.15, 0.2) is 48.6 Å². The molecule has 0 aliphatic rings. The highest BCUT2D eigenvalue weighted by Gasteiger charge is 2.18. The number of unbranched alkanes of at least 4 members (excludes halogenated alkanes) is 36. The second-order valence-corrected chi connectivity index (χ2v) is 19.6. The number of hydrogen-bond donors (Lipinski definition) is 3. The maximum atomic E-state index is 12.5. The molecule has 2 atom stereocenters. The molecule has 0 aromatic carbocycles. The minimum Gasteiger partial charge on any atom is -0.466 e. The lowest BCUT2D eigenvalue weighted by Crippen LogP contribution is -2.45. The van der Waals surface area contributed by atoms with E-state index >= 15 is 0 Å². The predicted molar refractivity (Wildman–Crippen MR) is 287 cm³/mol. The summed E-state index contributed by atoms with van der Waals surface area (Å²) < 4.78 is 5.46. The molecule has 2 unspecified atom stereocenters. The van der Waals surface area contributed by atoms with Gasteiger partial charge in [-0.15, -0.1) is 0 Å². The summed E-state index contributed by atoms with van der Waals surface area (Å²) in [5, 5.41) is 23.1. The first-order valence-electron chi connectivity index (χ1n) is 28.9. The van der Waals surface area contributed by atoms with Crippen molar-refractivity contribution in [3.05, 3.63) is 48.6 Å². The molecule has 0 bridgehead atoms. The van der Waals surface area contributed by atoms with Gasteiger partial charge in [-0.3, -0.25) is 9.59 Å². The molecule has 0 radical (unpaired) electrons. The standard InChI is InChI=1S/C60H111NO5/c1-3-5-7-9-11-13-15-17-19-21-25-28-32-36-40-44-48-52-58(63)57(56-62)61-59(64)53-49-45-41-37-33-29-26-22-20-23-27-31-35-39-43-47-51-55-66-60(65)54-50-46-42-38-34-30-24-18-16-14-12-10-8-6-4-2/h12,14,18,20,23-24,48,52,57-58,62-63H,3-11,13,15-17,19,21-22,25-47,49-51,53-56H2,1-2H3,(H,61,64)/b14-12-,23-20-,24-18-,52-48+. The van der Waals surface area contributed by atoms with Crippen molar-refractivity contribution in [2.24, 2.45) is 0 Å². The van der Waals surface area contributed by atoms with Gasteiger partial charge in [0.2, 0.25) is 5.91 Å². The third-order valence-corrected chi connectivity index (χ3v) is 13.1. The Kier molecular flexibility index (Phi) is 53.6. The Morgan fingerprint density at radius 3 is 1.20 bits per heavy atom. The fourth-order valence-corrected chi connectivity index (χ4v) is 8.60. The number of allylic oxidation sites excluding steroid dienone is 7. The SMILES string of the molecule is CCCCC/C=C\C/C=C\CCCCCCCC(=O)OCCCCCCCC/C=C\CCCCCCCCCC(=O)NC(CO)C(O)/C=C/CCCCCCCCCCCCCCCCC. The van der Waals surface area contributed by atoms with Gasteiger partial charge in [0, 0.05) is 12.8 Å². The highest BCUT2D eigenvalue weighted by molar-refractivity contribution is 5.76. The Balaban J connectivity index is 3.50. The summed E-state index contributed by atoms with van der Waals surface area (Å²) >= 11 is 0. The molecule has 0 aromatic rings. The molecule has 0 saturated carbocycles. The molecule has 386 valence electrons. The van der Waals surface area contributed by atoms with Crippen molar-refractivity contribution in [2.75, 3.05) is 13.2 Å². The molecule has 0 aliphatic heterocycles. The molecule has 0 fully saturated rings. The third-order valence-electron chi connectivity index (χ3n) is 13.1. The van der Waals surface area contributed by atoms with E-state index in [-0.39, 0.29) is 18.5 Å². The number of carbonyl (C=O) groups is 2. The molecule has 66 heavy (non-hydrogen) atoms. The molecule has 0 rings (SSSR count). The van der Waals surface area contributed by atoms with Crippen molar-refractivity contribution < 1.29 is 24.5 Å². The second kappa shape index (κ2) is 55.4. The minimum absolute atomic E-state index is 0.0172. The van der Waals surface area contributed by atoms with Crippen LogP contribution in [0.25, 0.3) is 0 Å². The van der Waals surface area contributed by atoms with Crippen LogP contribution in [0.2, 0.25) is 0 Å². The van der Waals surface area contributed by atoms with Crippen LogP contribution in [0, 0.1) is 0 Å². The number of rotatable bonds is 53. The molecule has 0 heterocycles. The third kappa shape index (κ3) is 51.2. The first-order chi connectivity index (χ1) is 32.5. The Hall–Kier alpha value is -2.18. The first-order valence-corrected chi connectivity index (χ1v) is 28.9. The van der Waals surface area contributed by atoms with Gasteiger partial charge in [-0.1, -0.05) is 242 Å². The number of hydrogen-bond acceptors (Lipinski definition) is 5. The van der Waals surface area contributed by atoms with Crippen LogP contribution in [-0.2, 0) is 14.3 Å². The number of aliphatic hydroxyl groups is 2. The molecule has 0 aliphatic carbocycles. The Morgan fingerprint density at radius 2 is 0.758 bits per heavy atom. The normalized spacial score (nSPS) is 13.0. The second-order valence-electron chi connectivity index (χ2n) is 19.6. The van der Waals surface area contributed by atoms with Crippen LogP contribution in [0.5, 0.6) is 0 Å². The molecule has 6 nitrogen and oxygen atoms in total. The maximum absolute atomic E-state index is 12.5. The van der Waals surface area contributed by atoms with Crippen molar-refractivity contribution in [2.45, 2.75) is 309 Å². The zero-order chi connectivity index (χ0) is 47.9. The number of carbonyl (C=O) groups excluding carboxylic acids is 2. The van der Waals surface area contributed by atoms with Gasteiger partial charge < -0.3 is 20.3 Å². The average Bonchev–Trinajstić information content (AvgIpc) is 3.32. The zero-order valence-electron chi connectivity index (χ0n) is 43.9. The van der Waals surface area contributed by atoms with Gasteiger partial charge in [-0.2, -0.15) is 0 Å². The van der Waals surface area contributed by atoms with Crippen molar-refractivity contribution in [3.8, 4) is 0 Å². The number of esters is 1. The van der Waals surface area contributed by atoms with Gasteiger partial charge in [0.05, 0.1) is 25.4 Å². The van der Waals surface area contributed by atoms with E-state index in [1.54, 1.807) is 6.08 Å². The quantitative estimate of drug-likeness (QED) is 0.0321. The summed E-state index contributed by atoms with van der Waals surface area (Å²) in [6.07, 6.45) is 69.8. The minimum atomic E-state index is -0.854. The summed E-state index contributed by atoms with van der Waals surface area (Å²) in [5.74, 6) is -0.0972. The van der Waals surface area contributed by atoms with E-state index < -0.39 is 12.1 Å². The molecular formula is C60H111NO5. The van der Waals surface area contributed by atoms with Crippen molar-refractivity contribution in [1.29, 1.82) is 0 Å². The van der Waals surface area contributed by atoms with E-state index in [1.807, 2.05) is 6.08 Å². The Bertz CT molecular complexity index is 1110. The smallest absolute Gasteiger partial charge is 0.305 e. The number of ether oxygens (including phenoxy) is 1. The van der Waals surface area contributed by atoms with Gasteiger partial charge in [0.15, 0.2) is 0 Å². The molecular weight excluding hydrogens is 815 g/mol. The average molecular weight is 927 g/mol. The van der Waals surface area contributed by atoms with Crippen molar-refractivity contribution >= 4 is 11.9 Å². The Morgan fingerprint density at radius 1 is 0.424 bits per heavy atom. The van der Waals surface area contributed by atoms with Crippen LogP contribution in [0.4, 0.5) is 0 Å². The monoisotopic (exact) mass is 926 g/mol. The van der Waals surface area contributed by atoms with Crippen LogP contribution < -0.4 is 5.32 Å². The van der Waals surface area contributed by atoms with Gasteiger partial charge >= 0.3 is 5.97 Å². The molecule has 0 aromatic heterocycles. The molecule has 0 saturated heterocycles. The van der Waals surface area contributed by atoms with Crippen molar-refractivity contribution in [1.82, 2.24) is 5.32 Å². The highest BCUT2D eigenvalue weighted by Crippen LogP contribution is 2.16. The molecule has 1 amide bonds. The lowest BCUT2D eigenvalue weighted by molar-refractivity contribution is -0.143. The highest BCUT2D eigenvalue weighted by atomic mass is 16.5. The van der Waals surface area contributed by atoms with Crippen LogP contribution >= 0.6 is 0 Å². The van der Waals surface area contributed by atoms with E-state index in [9.17, 15) is 19.8 Å². The number of aliphatic hydroxyl groups excluding tert-OH is 2. The van der Waals surface area contributed by atoms with E-state index in [0.717, 1.165) is 64.2 Å². The van der Waals surface area contributed by atoms with Crippen LogP contribution in [-0.4, -0.2) is 47.4 Å². The number of amides is 1. The maximum Gasteiger partial charge on any atom is 0.305 e. The summed E-state index contributed by atoms with van der Waals surface area (Å²) in [6.45, 7) is 4.85. The fourth-order valence-electron chi connectivity index (χ4n) is 8.60. The largest absolute Gasteiger partial charge is 0.466 e. The van der Waals surface area contributed by atoms with Gasteiger partial charge in [0.1, 0.15) is 0 Å². The molecule has 6 heteroatoms. The summed E-state index contributed by atoms with van der Waals surface area (Å²) in [6, 6.07) is -0.638. The van der Waals surface area contributed by atoms with E-state index in [4.69, 9.17) is 4.74 Å². The molecule has 3 N–H and O–H groups in total. The molecule has 0 spiro atoms. The van der Waals surface area contributed by atoms with Gasteiger partial charge in [-0.25, -0.2) is 0 Å². The van der Waals surface area contributed by atoms with Crippen molar-refractivity contribution in [3.63, 3.8) is 0 Å². The van der Waals surface area contributed by atoms with Crippen LogP contribution in [0.1, 0.15) is 296 Å². The predicted octanol–water partition coefficient (Wildman–Crippen LogP) is 17.8. The Labute approximate surface area is 410 Å². The lowest BCUT2D eigenvalue weighted by Gasteiger charge is -2.20. The van der Waals surface area contributed by atoms with E-state index in [2.05, 4.69) is 55.6 Å². The topological polar surface area (TPSA) is 95.9 Å². The van der Waals surface area contributed by atoms with Gasteiger partial charge in [0.25, 0.3) is 0 Å². The zero-order valence-corrected chi connectivity index (χ0v) is 43.9. The summed E-state index contributed by atoms with van der Waals surface area (Å²) in [4.78, 5) is 24.5. The first kappa shape index (κ1) is 63.8. The fraction of sp³-hybridized carbons (Fsp3) is 0.833. The van der Waals surface area contributed by atoms with E-state index in [0.29, 0.717) is 19.4 Å². The summed E-state index contributed by atoms with van der Waals surface area (Å²) in [5.41, 5.74) is 0.